The molecule has 0 aliphatic rings. The molecular formula is C24H29N3O2S. The third-order valence-corrected chi connectivity index (χ3v) is 6.13. The maximum Gasteiger partial charge on any atom is 0.252 e. The molecule has 6 heteroatoms. The Balaban J connectivity index is 1.66. The lowest BCUT2D eigenvalue weighted by molar-refractivity contribution is 0.0939. The van der Waals surface area contributed by atoms with Gasteiger partial charge < -0.3 is 14.7 Å². The topological polar surface area (TPSA) is 58.4 Å². The van der Waals surface area contributed by atoms with Crippen molar-refractivity contribution in [2.45, 2.75) is 37.0 Å². The molecule has 1 aromatic heterocycles. The Morgan fingerprint density at radius 2 is 1.90 bits per heavy atom. The van der Waals surface area contributed by atoms with E-state index in [0.717, 1.165) is 22.8 Å². The molecule has 1 atom stereocenters. The monoisotopic (exact) mass is 423 g/mol. The Kier molecular flexibility index (Phi) is 7.71. The Morgan fingerprint density at radius 3 is 2.53 bits per heavy atom. The SMILES string of the molecule is CCc1ccc(C(CNC(=O)c2ccccc2SCc2cc(C)no2)N(C)C)cc1. The largest absolute Gasteiger partial charge is 0.360 e. The summed E-state index contributed by atoms with van der Waals surface area (Å²) in [5.74, 6) is 1.37. The first kappa shape index (κ1) is 22.1. The van der Waals surface area contributed by atoms with Gasteiger partial charge in [-0.25, -0.2) is 0 Å². The second-order valence-corrected chi connectivity index (χ2v) is 8.52. The van der Waals surface area contributed by atoms with E-state index in [1.165, 1.54) is 11.1 Å². The van der Waals surface area contributed by atoms with E-state index in [9.17, 15) is 4.79 Å². The van der Waals surface area contributed by atoms with Crippen molar-refractivity contribution >= 4 is 17.7 Å². The molecule has 3 aromatic rings. The van der Waals surface area contributed by atoms with Crippen LogP contribution in [0.5, 0.6) is 0 Å². The number of hydrogen-bond donors (Lipinski definition) is 1. The van der Waals surface area contributed by atoms with Gasteiger partial charge in [-0.1, -0.05) is 48.5 Å². The van der Waals surface area contributed by atoms with Crippen LogP contribution in [-0.4, -0.2) is 36.6 Å². The summed E-state index contributed by atoms with van der Waals surface area (Å²) in [5.41, 5.74) is 4.05. The zero-order valence-corrected chi connectivity index (χ0v) is 18.8. The second-order valence-electron chi connectivity index (χ2n) is 7.50. The number of aromatic nitrogens is 1. The van der Waals surface area contributed by atoms with Gasteiger partial charge in [-0.2, -0.15) is 0 Å². The van der Waals surface area contributed by atoms with E-state index in [0.29, 0.717) is 17.9 Å². The predicted molar refractivity (Wildman–Crippen MR) is 122 cm³/mol. The van der Waals surface area contributed by atoms with Gasteiger partial charge in [0.25, 0.3) is 5.91 Å². The smallest absolute Gasteiger partial charge is 0.252 e. The van der Waals surface area contributed by atoms with E-state index in [4.69, 9.17) is 4.52 Å². The average Bonchev–Trinajstić information content (AvgIpc) is 3.17. The molecule has 0 radical (unpaired) electrons. The molecular weight excluding hydrogens is 394 g/mol. The zero-order valence-electron chi connectivity index (χ0n) is 18.0. The molecule has 0 aliphatic heterocycles. The Labute approximate surface area is 182 Å². The highest BCUT2D eigenvalue weighted by molar-refractivity contribution is 7.98. The van der Waals surface area contributed by atoms with Crippen LogP contribution < -0.4 is 5.32 Å². The molecule has 0 bridgehead atoms. The number of amides is 1. The van der Waals surface area contributed by atoms with Gasteiger partial charge in [0.15, 0.2) is 0 Å². The molecule has 0 aliphatic carbocycles. The van der Waals surface area contributed by atoms with E-state index in [-0.39, 0.29) is 11.9 Å². The first-order valence-electron chi connectivity index (χ1n) is 10.2. The summed E-state index contributed by atoms with van der Waals surface area (Å²) in [6.07, 6.45) is 1.02. The minimum atomic E-state index is -0.0659. The van der Waals surface area contributed by atoms with E-state index >= 15 is 0 Å². The molecule has 1 unspecified atom stereocenters. The van der Waals surface area contributed by atoms with Gasteiger partial charge >= 0.3 is 0 Å². The van der Waals surface area contributed by atoms with Crippen molar-refractivity contribution in [2.24, 2.45) is 0 Å². The third kappa shape index (κ3) is 5.74. The van der Waals surface area contributed by atoms with Crippen LogP contribution in [0.2, 0.25) is 0 Å². The molecule has 3 rings (SSSR count). The standard InChI is InChI=1S/C24H29N3O2S/c1-5-18-10-12-19(13-11-18)22(27(3)4)15-25-24(28)21-8-6-7-9-23(21)30-16-20-14-17(2)26-29-20/h6-14,22H,5,15-16H2,1-4H3,(H,25,28). The van der Waals surface area contributed by atoms with Crippen LogP contribution in [0.1, 0.15) is 45.9 Å². The van der Waals surface area contributed by atoms with Crippen LogP contribution in [0.15, 0.2) is 64.0 Å². The molecule has 1 N–H and O–H groups in total. The molecule has 1 heterocycles. The van der Waals surface area contributed by atoms with Crippen LogP contribution in [0, 0.1) is 6.92 Å². The van der Waals surface area contributed by atoms with Gasteiger partial charge in [0, 0.05) is 17.5 Å². The average molecular weight is 424 g/mol. The summed E-state index contributed by atoms with van der Waals surface area (Å²) >= 11 is 1.58. The van der Waals surface area contributed by atoms with Gasteiger partial charge in [-0.3, -0.25) is 4.79 Å². The van der Waals surface area contributed by atoms with E-state index in [1.807, 2.05) is 51.4 Å². The van der Waals surface area contributed by atoms with Crippen molar-refractivity contribution in [1.82, 2.24) is 15.4 Å². The quantitative estimate of drug-likeness (QED) is 0.498. The number of aryl methyl sites for hydroxylation is 2. The summed E-state index contributed by atoms with van der Waals surface area (Å²) in [5, 5.41) is 7.04. The van der Waals surface area contributed by atoms with Gasteiger partial charge in [-0.05, 0) is 50.7 Å². The maximum atomic E-state index is 13.0. The van der Waals surface area contributed by atoms with Crippen molar-refractivity contribution in [3.8, 4) is 0 Å². The molecule has 0 spiro atoms. The highest BCUT2D eigenvalue weighted by Gasteiger charge is 2.18. The fourth-order valence-corrected chi connectivity index (χ4v) is 4.20. The third-order valence-electron chi connectivity index (χ3n) is 5.03. The van der Waals surface area contributed by atoms with Crippen LogP contribution >= 0.6 is 11.8 Å². The molecule has 0 saturated carbocycles. The molecule has 30 heavy (non-hydrogen) atoms. The first-order valence-corrected chi connectivity index (χ1v) is 11.1. The fraction of sp³-hybridized carbons (Fsp3) is 0.333. The number of carbonyl (C=O) groups excluding carboxylic acids is 1. The van der Waals surface area contributed by atoms with Gasteiger partial charge in [0.05, 0.1) is 23.1 Å². The zero-order chi connectivity index (χ0) is 21.5. The Morgan fingerprint density at radius 1 is 1.17 bits per heavy atom. The first-order chi connectivity index (χ1) is 14.5. The Bertz CT molecular complexity index is 967. The number of carbonyl (C=O) groups is 1. The number of nitrogens with one attached hydrogen (secondary N) is 1. The molecule has 2 aromatic carbocycles. The number of benzene rings is 2. The minimum Gasteiger partial charge on any atom is -0.360 e. The fourth-order valence-electron chi connectivity index (χ4n) is 3.27. The number of rotatable bonds is 9. The van der Waals surface area contributed by atoms with Crippen molar-refractivity contribution in [3.05, 3.63) is 82.7 Å². The van der Waals surface area contributed by atoms with Crippen LogP contribution in [0.25, 0.3) is 0 Å². The number of hydrogen-bond acceptors (Lipinski definition) is 5. The van der Waals surface area contributed by atoms with Crippen LogP contribution in [0.3, 0.4) is 0 Å². The van der Waals surface area contributed by atoms with Crippen LogP contribution in [-0.2, 0) is 12.2 Å². The normalized spacial score (nSPS) is 12.2. The lowest BCUT2D eigenvalue weighted by Gasteiger charge is -2.25. The number of thioether (sulfide) groups is 1. The van der Waals surface area contributed by atoms with Crippen LogP contribution in [0.4, 0.5) is 0 Å². The molecule has 0 fully saturated rings. The predicted octanol–water partition coefficient (Wildman–Crippen LogP) is 4.87. The summed E-state index contributed by atoms with van der Waals surface area (Å²) in [6.45, 7) is 4.59. The number of likely N-dealkylation sites (N-methyl/N-ethyl adjacent to an activating group) is 1. The van der Waals surface area contributed by atoms with E-state index < -0.39 is 0 Å². The second kappa shape index (κ2) is 10.5. The number of nitrogens with zero attached hydrogens (tertiary/aromatic N) is 2. The highest BCUT2D eigenvalue weighted by atomic mass is 32.2. The summed E-state index contributed by atoms with van der Waals surface area (Å²) in [6, 6.07) is 18.3. The van der Waals surface area contributed by atoms with E-state index in [1.54, 1.807) is 11.8 Å². The summed E-state index contributed by atoms with van der Waals surface area (Å²) in [4.78, 5) is 16.0. The molecule has 0 saturated heterocycles. The summed E-state index contributed by atoms with van der Waals surface area (Å²) < 4.78 is 5.28. The maximum absolute atomic E-state index is 13.0. The van der Waals surface area contributed by atoms with Gasteiger partial charge in [0.1, 0.15) is 5.76 Å². The lowest BCUT2D eigenvalue weighted by atomic mass is 10.0. The van der Waals surface area contributed by atoms with Crippen molar-refractivity contribution in [1.29, 1.82) is 0 Å². The molecule has 1 amide bonds. The molecule has 5 nitrogen and oxygen atoms in total. The van der Waals surface area contributed by atoms with Crippen molar-refractivity contribution < 1.29 is 9.32 Å². The van der Waals surface area contributed by atoms with Crippen molar-refractivity contribution in [3.63, 3.8) is 0 Å². The van der Waals surface area contributed by atoms with Gasteiger partial charge in [-0.15, -0.1) is 11.8 Å². The Hall–Kier alpha value is -2.57. The highest BCUT2D eigenvalue weighted by Crippen LogP contribution is 2.27. The van der Waals surface area contributed by atoms with Gasteiger partial charge in [0.2, 0.25) is 0 Å². The minimum absolute atomic E-state index is 0.0659. The lowest BCUT2D eigenvalue weighted by Crippen LogP contribution is -2.34. The molecule has 158 valence electrons. The summed E-state index contributed by atoms with van der Waals surface area (Å²) in [7, 11) is 4.07. The van der Waals surface area contributed by atoms with E-state index in [2.05, 4.69) is 46.6 Å². The van der Waals surface area contributed by atoms with Crippen molar-refractivity contribution in [2.75, 3.05) is 20.6 Å².